The number of alkyl halides is 5. The first-order valence-corrected chi connectivity index (χ1v) is 5.64. The van der Waals surface area contributed by atoms with Crippen LogP contribution in [0.25, 0.3) is 0 Å². The van der Waals surface area contributed by atoms with Crippen LogP contribution < -0.4 is 0 Å². The summed E-state index contributed by atoms with van der Waals surface area (Å²) in [7, 11) is 0. The van der Waals surface area contributed by atoms with E-state index >= 15 is 0 Å². The number of carbonyl (C=O) groups is 1. The lowest BCUT2D eigenvalue weighted by atomic mass is 10.1. The van der Waals surface area contributed by atoms with Crippen LogP contribution in [0.3, 0.4) is 0 Å². The maximum atomic E-state index is 13.1. The zero-order valence-corrected chi connectivity index (χ0v) is 10.9. The summed E-state index contributed by atoms with van der Waals surface area (Å²) < 4.78 is 51.0. The van der Waals surface area contributed by atoms with Gasteiger partial charge >= 0.3 is 17.3 Å². The third-order valence-electron chi connectivity index (χ3n) is 3.16. The van der Waals surface area contributed by atoms with Crippen molar-refractivity contribution >= 4 is 29.2 Å². The molecule has 1 rings (SSSR count). The van der Waals surface area contributed by atoms with E-state index in [1.807, 2.05) is 0 Å². The van der Waals surface area contributed by atoms with Gasteiger partial charge in [0.25, 0.3) is 0 Å². The summed E-state index contributed by atoms with van der Waals surface area (Å²) >= 11 is 9.41. The van der Waals surface area contributed by atoms with E-state index in [0.29, 0.717) is 6.08 Å². The number of aliphatic carboxylic acids is 1. The normalized spacial score (nSPS) is 28.1. The smallest absolute Gasteiger partial charge is 0.389 e. The molecule has 1 fully saturated rings. The number of allylic oxidation sites excluding steroid dienone is 2. The Morgan fingerprint density at radius 1 is 1.33 bits per heavy atom. The Morgan fingerprint density at radius 2 is 1.78 bits per heavy atom. The Kier molecular flexibility index (Phi) is 3.69. The van der Waals surface area contributed by atoms with Gasteiger partial charge in [-0.2, -0.15) is 17.6 Å². The average Bonchev–Trinajstić information content (AvgIpc) is 2.65. The minimum absolute atomic E-state index is 0.649. The second-order valence-electron chi connectivity index (χ2n) is 4.75. The lowest BCUT2D eigenvalue weighted by Gasteiger charge is -2.20. The van der Waals surface area contributed by atoms with Crippen LogP contribution in [-0.2, 0) is 4.79 Å². The van der Waals surface area contributed by atoms with Crippen molar-refractivity contribution < 1.29 is 27.5 Å². The molecule has 0 bridgehead atoms. The van der Waals surface area contributed by atoms with E-state index in [4.69, 9.17) is 16.7 Å². The molecule has 1 aliphatic carbocycles. The highest BCUT2D eigenvalue weighted by Crippen LogP contribution is 2.60. The number of hydrogen-bond acceptors (Lipinski definition) is 1. The minimum atomic E-state index is -4.82. The highest BCUT2D eigenvalue weighted by molar-refractivity contribution is 6.32. The molecule has 0 aromatic heterocycles. The summed E-state index contributed by atoms with van der Waals surface area (Å²) in [6.45, 7) is 3.04. The van der Waals surface area contributed by atoms with E-state index in [0.717, 1.165) is 0 Å². The van der Waals surface area contributed by atoms with Gasteiger partial charge in [0.1, 0.15) is 0 Å². The van der Waals surface area contributed by atoms with Crippen LogP contribution in [0.2, 0.25) is 0 Å². The molecule has 0 heterocycles. The summed E-state index contributed by atoms with van der Waals surface area (Å²) in [6, 6.07) is 0. The SMILES string of the molecule is CC1(C)[C@@H](C=C(Cl)C(F)(F)C(F)(F)Cl)[C@@H]1C(=O)O. The van der Waals surface area contributed by atoms with Crippen molar-refractivity contribution in [2.75, 3.05) is 0 Å². The summed E-state index contributed by atoms with van der Waals surface area (Å²) in [5.41, 5.74) is -0.802. The minimum Gasteiger partial charge on any atom is -0.481 e. The van der Waals surface area contributed by atoms with Gasteiger partial charge in [0.05, 0.1) is 11.0 Å². The Balaban J connectivity index is 2.97. The van der Waals surface area contributed by atoms with Gasteiger partial charge in [-0.1, -0.05) is 31.5 Å². The summed E-state index contributed by atoms with van der Waals surface area (Å²) in [5.74, 6) is -7.66. The number of halogens is 6. The summed E-state index contributed by atoms with van der Waals surface area (Å²) in [6.07, 6.45) is 0.649. The fourth-order valence-electron chi connectivity index (χ4n) is 1.86. The van der Waals surface area contributed by atoms with Gasteiger partial charge in [-0.05, 0) is 22.9 Å². The molecule has 0 aliphatic heterocycles. The van der Waals surface area contributed by atoms with Gasteiger partial charge in [-0.3, -0.25) is 4.79 Å². The predicted octanol–water partition coefficient (Wildman–Crippen LogP) is 3.93. The second kappa shape index (κ2) is 4.27. The number of carboxylic acids is 1. The molecule has 0 saturated heterocycles. The Bertz CT molecular complexity index is 401. The van der Waals surface area contributed by atoms with Gasteiger partial charge < -0.3 is 5.11 Å². The maximum Gasteiger partial charge on any atom is 0.389 e. The zero-order valence-electron chi connectivity index (χ0n) is 9.36. The quantitative estimate of drug-likeness (QED) is 0.631. The van der Waals surface area contributed by atoms with Gasteiger partial charge in [-0.25, -0.2) is 0 Å². The van der Waals surface area contributed by atoms with Crippen molar-refractivity contribution in [3.05, 3.63) is 11.1 Å². The van der Waals surface area contributed by atoms with Gasteiger partial charge in [0.2, 0.25) is 0 Å². The van der Waals surface area contributed by atoms with Crippen LogP contribution >= 0.6 is 23.2 Å². The first-order chi connectivity index (χ1) is 7.83. The van der Waals surface area contributed by atoms with E-state index in [2.05, 4.69) is 11.6 Å². The number of hydrogen-bond donors (Lipinski definition) is 1. The van der Waals surface area contributed by atoms with Crippen molar-refractivity contribution in [2.45, 2.75) is 25.2 Å². The van der Waals surface area contributed by atoms with Gasteiger partial charge in [-0.15, -0.1) is 0 Å². The van der Waals surface area contributed by atoms with Crippen molar-refractivity contribution in [1.29, 1.82) is 0 Å². The van der Waals surface area contributed by atoms with Crippen LogP contribution in [0, 0.1) is 17.3 Å². The number of carboxylic acid groups (broad SMARTS) is 1. The molecule has 0 unspecified atom stereocenters. The molecular formula is C10H10Cl2F4O2. The monoisotopic (exact) mass is 308 g/mol. The molecule has 0 radical (unpaired) electrons. The largest absolute Gasteiger partial charge is 0.481 e. The van der Waals surface area contributed by atoms with Crippen LogP contribution in [0.15, 0.2) is 11.1 Å². The molecule has 0 aromatic rings. The lowest BCUT2D eigenvalue weighted by molar-refractivity contribution is -0.139. The molecule has 1 N–H and O–H groups in total. The number of rotatable bonds is 4. The summed E-state index contributed by atoms with van der Waals surface area (Å²) in [4.78, 5) is 10.8. The van der Waals surface area contributed by atoms with E-state index in [9.17, 15) is 22.4 Å². The van der Waals surface area contributed by atoms with Crippen LogP contribution in [-0.4, -0.2) is 22.4 Å². The van der Waals surface area contributed by atoms with Gasteiger partial charge in [0.15, 0.2) is 0 Å². The first-order valence-electron chi connectivity index (χ1n) is 4.88. The third kappa shape index (κ3) is 2.45. The predicted molar refractivity (Wildman–Crippen MR) is 58.1 cm³/mol. The zero-order chi connectivity index (χ0) is 14.5. The Labute approximate surface area is 111 Å². The van der Waals surface area contributed by atoms with Crippen molar-refractivity contribution in [3.8, 4) is 0 Å². The average molecular weight is 309 g/mol. The maximum absolute atomic E-state index is 13.1. The molecule has 0 spiro atoms. The molecule has 2 atom stereocenters. The van der Waals surface area contributed by atoms with E-state index in [1.54, 1.807) is 0 Å². The summed E-state index contributed by atoms with van der Waals surface area (Å²) in [5, 5.41) is 2.54. The highest BCUT2D eigenvalue weighted by Gasteiger charge is 2.63. The van der Waals surface area contributed by atoms with E-state index in [-0.39, 0.29) is 0 Å². The molecule has 2 nitrogen and oxygen atoms in total. The van der Waals surface area contributed by atoms with Crippen LogP contribution in [0.1, 0.15) is 13.8 Å². The Morgan fingerprint density at radius 3 is 2.06 bits per heavy atom. The van der Waals surface area contributed by atoms with Crippen molar-refractivity contribution in [2.24, 2.45) is 17.3 Å². The van der Waals surface area contributed by atoms with Crippen LogP contribution in [0.4, 0.5) is 17.6 Å². The van der Waals surface area contributed by atoms with Gasteiger partial charge in [0, 0.05) is 0 Å². The fourth-order valence-corrected chi connectivity index (χ4v) is 2.26. The standard InChI is InChI=1S/C10H10Cl2F4O2/c1-8(2)4(6(8)7(17)18)3-5(11)9(13,14)10(12,15)16/h3-4,6H,1-2H3,(H,17,18)/t4-,6+/m0/s1. The van der Waals surface area contributed by atoms with E-state index < -0.39 is 39.6 Å². The highest BCUT2D eigenvalue weighted by atomic mass is 35.5. The van der Waals surface area contributed by atoms with Crippen molar-refractivity contribution in [3.63, 3.8) is 0 Å². The third-order valence-corrected chi connectivity index (χ3v) is 3.76. The topological polar surface area (TPSA) is 37.3 Å². The molecule has 1 saturated carbocycles. The van der Waals surface area contributed by atoms with Crippen molar-refractivity contribution in [1.82, 2.24) is 0 Å². The molecule has 104 valence electrons. The molecule has 0 aromatic carbocycles. The molecule has 8 heteroatoms. The first kappa shape index (κ1) is 15.6. The molecule has 18 heavy (non-hydrogen) atoms. The fraction of sp³-hybridized carbons (Fsp3) is 0.700. The van der Waals surface area contributed by atoms with E-state index in [1.165, 1.54) is 13.8 Å². The Hall–Kier alpha value is -0.490. The molecule has 1 aliphatic rings. The van der Waals surface area contributed by atoms with Crippen LogP contribution in [0.5, 0.6) is 0 Å². The second-order valence-corrected chi connectivity index (χ2v) is 5.63. The molecule has 0 amide bonds. The molecular weight excluding hydrogens is 299 g/mol. The lowest BCUT2D eigenvalue weighted by Crippen LogP contribution is -2.35.